The number of anilines is 1. The number of rotatable bonds is 7. The van der Waals surface area contributed by atoms with Gasteiger partial charge in [0.25, 0.3) is 10.0 Å². The Balaban J connectivity index is 1.64. The molecule has 4 aromatic rings. The van der Waals surface area contributed by atoms with Crippen LogP contribution in [0, 0.1) is 0 Å². The average molecular weight is 454 g/mol. The molecule has 0 amide bonds. The fraction of sp³-hybridized carbons (Fsp3) is 0.0870. The van der Waals surface area contributed by atoms with E-state index in [1.165, 1.54) is 0 Å². The number of carbonyl (C=O) groups is 1. The van der Waals surface area contributed by atoms with E-state index in [4.69, 9.17) is 9.47 Å². The molecule has 0 spiro atoms. The van der Waals surface area contributed by atoms with Crippen molar-refractivity contribution in [3.8, 4) is 11.5 Å². The maximum Gasteiger partial charge on any atom is 0.349 e. The van der Waals surface area contributed by atoms with Crippen molar-refractivity contribution in [3.63, 3.8) is 0 Å². The van der Waals surface area contributed by atoms with Crippen LogP contribution >= 0.6 is 11.3 Å². The lowest BCUT2D eigenvalue weighted by atomic mass is 10.2. The van der Waals surface area contributed by atoms with Crippen molar-refractivity contribution in [1.82, 2.24) is 0 Å². The van der Waals surface area contributed by atoms with E-state index in [0.717, 1.165) is 11.3 Å². The van der Waals surface area contributed by atoms with Crippen LogP contribution in [0.15, 0.2) is 83.8 Å². The number of nitrogens with one attached hydrogen (secondary N) is 1. The molecule has 0 saturated heterocycles. The summed E-state index contributed by atoms with van der Waals surface area (Å²) in [6, 6.07) is 22.8. The molecule has 1 heterocycles. The third kappa shape index (κ3) is 4.55. The van der Waals surface area contributed by atoms with E-state index in [-0.39, 0.29) is 16.4 Å². The molecular weight excluding hydrogens is 434 g/mol. The molecule has 1 aromatic heterocycles. The van der Waals surface area contributed by atoms with E-state index in [0.29, 0.717) is 27.3 Å². The van der Waals surface area contributed by atoms with Gasteiger partial charge >= 0.3 is 5.97 Å². The van der Waals surface area contributed by atoms with E-state index in [9.17, 15) is 13.2 Å². The van der Waals surface area contributed by atoms with E-state index in [2.05, 4.69) is 4.72 Å². The summed E-state index contributed by atoms with van der Waals surface area (Å²) in [6.07, 6.45) is 0. The number of thiophene rings is 1. The second-order valence-corrected chi connectivity index (χ2v) is 9.19. The highest BCUT2D eigenvalue weighted by molar-refractivity contribution is 7.93. The molecule has 3 aromatic carbocycles. The monoisotopic (exact) mass is 453 g/mol. The van der Waals surface area contributed by atoms with Crippen LogP contribution in [0.2, 0.25) is 0 Å². The molecule has 0 aliphatic rings. The zero-order chi connectivity index (χ0) is 21.8. The molecule has 0 bridgehead atoms. The van der Waals surface area contributed by atoms with Crippen molar-refractivity contribution in [2.45, 2.75) is 11.8 Å². The van der Waals surface area contributed by atoms with Crippen molar-refractivity contribution in [1.29, 1.82) is 0 Å². The Morgan fingerprint density at radius 2 is 1.55 bits per heavy atom. The average Bonchev–Trinajstić information content (AvgIpc) is 3.17. The van der Waals surface area contributed by atoms with Crippen LogP contribution in [0.5, 0.6) is 11.5 Å². The highest BCUT2D eigenvalue weighted by Crippen LogP contribution is 2.36. The molecule has 0 aliphatic carbocycles. The topological polar surface area (TPSA) is 81.7 Å². The summed E-state index contributed by atoms with van der Waals surface area (Å²) in [4.78, 5) is 12.4. The first-order chi connectivity index (χ1) is 15.0. The molecule has 1 N–H and O–H groups in total. The number of hydrogen-bond donors (Lipinski definition) is 1. The predicted molar refractivity (Wildman–Crippen MR) is 122 cm³/mol. The number of ether oxygens (including phenoxy) is 2. The van der Waals surface area contributed by atoms with Gasteiger partial charge in [0, 0.05) is 15.8 Å². The normalized spacial score (nSPS) is 11.3. The summed E-state index contributed by atoms with van der Waals surface area (Å²) in [6.45, 7) is 1.83. The van der Waals surface area contributed by atoms with Crippen molar-refractivity contribution in [2.24, 2.45) is 0 Å². The number of para-hydroxylation sites is 1. The number of benzene rings is 3. The molecular formula is C23H19NO5S2. The van der Waals surface area contributed by atoms with Gasteiger partial charge in [-0.2, -0.15) is 0 Å². The van der Waals surface area contributed by atoms with Crippen molar-refractivity contribution in [2.75, 3.05) is 11.3 Å². The molecule has 0 saturated carbocycles. The maximum atomic E-state index is 13.2. The van der Waals surface area contributed by atoms with Crippen LogP contribution in [0.1, 0.15) is 16.6 Å². The van der Waals surface area contributed by atoms with Crippen LogP contribution in [-0.4, -0.2) is 21.0 Å². The lowest BCUT2D eigenvalue weighted by Gasteiger charge is -2.11. The fourth-order valence-electron chi connectivity index (χ4n) is 3.04. The minimum atomic E-state index is -4.04. The van der Waals surface area contributed by atoms with Gasteiger partial charge in [-0.3, -0.25) is 4.72 Å². The Kier molecular flexibility index (Phi) is 5.92. The highest BCUT2D eigenvalue weighted by atomic mass is 32.2. The molecule has 31 heavy (non-hydrogen) atoms. The van der Waals surface area contributed by atoms with Crippen LogP contribution in [-0.2, 0) is 14.8 Å². The molecule has 4 rings (SSSR count). The zero-order valence-electron chi connectivity index (χ0n) is 16.6. The van der Waals surface area contributed by atoms with Crippen LogP contribution < -0.4 is 9.46 Å². The first-order valence-corrected chi connectivity index (χ1v) is 11.8. The van der Waals surface area contributed by atoms with Crippen molar-refractivity contribution < 1.29 is 22.7 Å². The smallest absolute Gasteiger partial charge is 0.349 e. The Morgan fingerprint density at radius 3 is 2.26 bits per heavy atom. The third-order valence-electron chi connectivity index (χ3n) is 4.36. The number of carbonyl (C=O) groups excluding carboxylic acids is 1. The van der Waals surface area contributed by atoms with E-state index in [1.807, 2.05) is 30.3 Å². The molecule has 0 radical (unpaired) electrons. The van der Waals surface area contributed by atoms with Crippen LogP contribution in [0.4, 0.5) is 5.69 Å². The first-order valence-electron chi connectivity index (χ1n) is 9.52. The molecule has 158 valence electrons. The van der Waals surface area contributed by atoms with Crippen molar-refractivity contribution in [3.05, 3.63) is 83.7 Å². The van der Waals surface area contributed by atoms with Gasteiger partial charge in [0.1, 0.15) is 21.3 Å². The number of sulfonamides is 1. The Bertz CT molecular complexity index is 1310. The molecule has 0 aliphatic heterocycles. The lowest BCUT2D eigenvalue weighted by Crippen LogP contribution is -2.16. The zero-order valence-corrected chi connectivity index (χ0v) is 18.2. The molecule has 0 fully saturated rings. The summed E-state index contributed by atoms with van der Waals surface area (Å²) in [5.74, 6) is 0.595. The molecule has 8 heteroatoms. The number of fused-ring (bicyclic) bond motifs is 1. The standard InChI is InChI=1S/C23H19NO5S2/c1-2-28-23(25)21-22(19-10-6-7-11-20(19)30-21)31(26,27)24-16-12-14-18(15-13-16)29-17-8-4-3-5-9-17/h3-15,24H,2H2,1H3. The summed E-state index contributed by atoms with van der Waals surface area (Å²) < 4.78 is 40.5. The summed E-state index contributed by atoms with van der Waals surface area (Å²) in [5.41, 5.74) is 0.352. The fourth-order valence-corrected chi connectivity index (χ4v) is 5.90. The summed E-state index contributed by atoms with van der Waals surface area (Å²) in [5, 5.41) is 0.479. The minimum absolute atomic E-state index is 0.0552. The van der Waals surface area contributed by atoms with Gasteiger partial charge in [0.05, 0.1) is 6.61 Å². The van der Waals surface area contributed by atoms with Gasteiger partial charge in [-0.05, 0) is 49.4 Å². The minimum Gasteiger partial charge on any atom is -0.462 e. The van der Waals surface area contributed by atoms with E-state index >= 15 is 0 Å². The van der Waals surface area contributed by atoms with E-state index < -0.39 is 16.0 Å². The summed E-state index contributed by atoms with van der Waals surface area (Å²) in [7, 11) is -4.04. The van der Waals surface area contributed by atoms with Gasteiger partial charge in [0.15, 0.2) is 0 Å². The summed E-state index contributed by atoms with van der Waals surface area (Å²) >= 11 is 1.10. The van der Waals surface area contributed by atoms with Gasteiger partial charge in [-0.1, -0.05) is 36.4 Å². The second-order valence-electron chi connectivity index (χ2n) is 6.52. The third-order valence-corrected chi connectivity index (χ3v) is 7.11. The highest BCUT2D eigenvalue weighted by Gasteiger charge is 2.29. The predicted octanol–water partition coefficient (Wildman–Crippen LogP) is 5.67. The SMILES string of the molecule is CCOC(=O)c1sc2ccccc2c1S(=O)(=O)Nc1ccc(Oc2ccccc2)cc1. The van der Waals surface area contributed by atoms with Crippen LogP contribution in [0.3, 0.4) is 0 Å². The first kappa shape index (κ1) is 20.9. The number of esters is 1. The largest absolute Gasteiger partial charge is 0.462 e. The quantitative estimate of drug-likeness (QED) is 0.365. The lowest BCUT2D eigenvalue weighted by molar-refractivity contribution is 0.0528. The number of hydrogen-bond acceptors (Lipinski definition) is 6. The Morgan fingerprint density at radius 1 is 0.903 bits per heavy atom. The van der Waals surface area contributed by atoms with Gasteiger partial charge in [-0.15, -0.1) is 11.3 Å². The maximum absolute atomic E-state index is 13.2. The molecule has 0 unspecified atom stereocenters. The van der Waals surface area contributed by atoms with E-state index in [1.54, 1.807) is 55.5 Å². The molecule has 6 nitrogen and oxygen atoms in total. The Hall–Kier alpha value is -3.36. The van der Waals surface area contributed by atoms with Gasteiger partial charge < -0.3 is 9.47 Å². The Labute approximate surface area is 184 Å². The molecule has 0 atom stereocenters. The van der Waals surface area contributed by atoms with Gasteiger partial charge in [0.2, 0.25) is 0 Å². The van der Waals surface area contributed by atoms with Crippen molar-refractivity contribution >= 4 is 43.1 Å². The van der Waals surface area contributed by atoms with Gasteiger partial charge in [-0.25, -0.2) is 13.2 Å². The van der Waals surface area contributed by atoms with Crippen LogP contribution in [0.25, 0.3) is 10.1 Å². The second kappa shape index (κ2) is 8.79.